The zero-order chi connectivity index (χ0) is 13.4. The summed E-state index contributed by atoms with van der Waals surface area (Å²) in [6.07, 6.45) is 0.860. The zero-order valence-electron chi connectivity index (χ0n) is 10.8. The molecule has 0 bridgehead atoms. The molecule has 98 valence electrons. The van der Waals surface area contributed by atoms with E-state index in [0.29, 0.717) is 0 Å². The van der Waals surface area contributed by atoms with Crippen LogP contribution in [0.4, 0.5) is 0 Å². The predicted molar refractivity (Wildman–Crippen MR) is 80.2 cm³/mol. The molecule has 0 spiro atoms. The number of fused-ring (bicyclic) bond motifs is 1. The van der Waals surface area contributed by atoms with Crippen molar-refractivity contribution in [2.75, 3.05) is 0 Å². The molecule has 1 aliphatic heterocycles. The van der Waals surface area contributed by atoms with Gasteiger partial charge in [0.1, 0.15) is 11.9 Å². The van der Waals surface area contributed by atoms with Crippen LogP contribution in [0.5, 0.6) is 5.75 Å². The SMILES string of the molecule is Cc1ccccc1C1C[C@@H](N)c2cc(Br)ccc2O1. The van der Waals surface area contributed by atoms with Crippen molar-refractivity contribution in [2.24, 2.45) is 5.73 Å². The van der Waals surface area contributed by atoms with Crippen molar-refractivity contribution in [2.45, 2.75) is 25.5 Å². The Labute approximate surface area is 121 Å². The number of ether oxygens (including phenoxy) is 1. The van der Waals surface area contributed by atoms with Gasteiger partial charge in [-0.25, -0.2) is 0 Å². The maximum absolute atomic E-state index is 6.29. The average Bonchev–Trinajstić information content (AvgIpc) is 2.40. The number of rotatable bonds is 1. The Morgan fingerprint density at radius 2 is 1.95 bits per heavy atom. The van der Waals surface area contributed by atoms with E-state index in [1.54, 1.807) is 0 Å². The molecule has 1 heterocycles. The van der Waals surface area contributed by atoms with Crippen LogP contribution in [-0.4, -0.2) is 0 Å². The van der Waals surface area contributed by atoms with Crippen LogP contribution in [0.15, 0.2) is 46.9 Å². The van der Waals surface area contributed by atoms with Crippen molar-refractivity contribution in [1.29, 1.82) is 0 Å². The Morgan fingerprint density at radius 1 is 1.16 bits per heavy atom. The van der Waals surface area contributed by atoms with Gasteiger partial charge < -0.3 is 10.5 Å². The smallest absolute Gasteiger partial charge is 0.126 e. The molecule has 0 fully saturated rings. The lowest BCUT2D eigenvalue weighted by molar-refractivity contribution is 0.161. The number of hydrogen-bond acceptors (Lipinski definition) is 2. The summed E-state index contributed by atoms with van der Waals surface area (Å²) in [5.74, 6) is 0.898. The van der Waals surface area contributed by atoms with Gasteiger partial charge in [-0.3, -0.25) is 0 Å². The number of halogens is 1. The molecule has 2 nitrogen and oxygen atoms in total. The Kier molecular flexibility index (Phi) is 3.33. The van der Waals surface area contributed by atoms with Crippen molar-refractivity contribution in [3.8, 4) is 5.75 Å². The summed E-state index contributed by atoms with van der Waals surface area (Å²) >= 11 is 3.48. The Hall–Kier alpha value is -1.32. The Bertz CT molecular complexity index is 611. The summed E-state index contributed by atoms with van der Waals surface area (Å²) < 4.78 is 7.16. The minimum atomic E-state index is 0.0193. The highest BCUT2D eigenvalue weighted by atomic mass is 79.9. The van der Waals surface area contributed by atoms with E-state index in [1.165, 1.54) is 11.1 Å². The lowest BCUT2D eigenvalue weighted by Crippen LogP contribution is -2.24. The van der Waals surface area contributed by atoms with Crippen LogP contribution in [0.25, 0.3) is 0 Å². The average molecular weight is 318 g/mol. The summed E-state index contributed by atoms with van der Waals surface area (Å²) in [7, 11) is 0. The first kappa shape index (κ1) is 12.7. The van der Waals surface area contributed by atoms with Crippen molar-refractivity contribution >= 4 is 15.9 Å². The first-order valence-corrected chi connectivity index (χ1v) is 7.21. The van der Waals surface area contributed by atoms with Gasteiger partial charge in [0.25, 0.3) is 0 Å². The molecule has 0 saturated heterocycles. The second-order valence-electron chi connectivity index (χ2n) is 4.99. The van der Waals surface area contributed by atoms with Crippen LogP contribution in [0.2, 0.25) is 0 Å². The summed E-state index contributed by atoms with van der Waals surface area (Å²) in [6, 6.07) is 14.4. The van der Waals surface area contributed by atoms with E-state index in [1.807, 2.05) is 30.3 Å². The third-order valence-corrected chi connectivity index (χ3v) is 4.14. The molecule has 0 saturated carbocycles. The lowest BCUT2D eigenvalue weighted by Gasteiger charge is -2.31. The molecule has 0 aliphatic carbocycles. The van der Waals surface area contributed by atoms with Crippen LogP contribution in [0.3, 0.4) is 0 Å². The topological polar surface area (TPSA) is 35.2 Å². The minimum Gasteiger partial charge on any atom is -0.485 e. The largest absolute Gasteiger partial charge is 0.485 e. The van der Waals surface area contributed by atoms with Gasteiger partial charge in [-0.05, 0) is 36.2 Å². The van der Waals surface area contributed by atoms with Crippen LogP contribution >= 0.6 is 15.9 Å². The van der Waals surface area contributed by atoms with Crippen LogP contribution in [0.1, 0.15) is 35.3 Å². The Morgan fingerprint density at radius 3 is 2.74 bits per heavy atom. The van der Waals surface area contributed by atoms with Crippen LogP contribution in [-0.2, 0) is 0 Å². The molecule has 2 atom stereocenters. The van der Waals surface area contributed by atoms with Gasteiger partial charge in [-0.1, -0.05) is 40.2 Å². The quantitative estimate of drug-likeness (QED) is 0.852. The highest BCUT2D eigenvalue weighted by Crippen LogP contribution is 2.41. The molecular weight excluding hydrogens is 302 g/mol. The van der Waals surface area contributed by atoms with Gasteiger partial charge in [0.05, 0.1) is 0 Å². The second kappa shape index (κ2) is 4.99. The van der Waals surface area contributed by atoms with E-state index in [4.69, 9.17) is 10.5 Å². The molecule has 0 aromatic heterocycles. The molecule has 19 heavy (non-hydrogen) atoms. The van der Waals surface area contributed by atoms with E-state index in [2.05, 4.69) is 35.0 Å². The van der Waals surface area contributed by atoms with Gasteiger partial charge in [-0.2, -0.15) is 0 Å². The summed E-state index contributed by atoms with van der Waals surface area (Å²) in [5.41, 5.74) is 9.85. The van der Waals surface area contributed by atoms with Crippen LogP contribution in [0, 0.1) is 6.92 Å². The maximum Gasteiger partial charge on any atom is 0.126 e. The molecule has 0 amide bonds. The predicted octanol–water partition coefficient (Wildman–Crippen LogP) is 4.28. The molecule has 2 aromatic rings. The van der Waals surface area contributed by atoms with E-state index >= 15 is 0 Å². The standard InChI is InChI=1S/C16H16BrNO/c1-10-4-2-3-5-12(10)16-9-14(18)13-8-11(17)6-7-15(13)19-16/h2-8,14,16H,9,18H2,1H3/t14-,16?/m1/s1. The first-order valence-electron chi connectivity index (χ1n) is 6.42. The highest BCUT2D eigenvalue weighted by Gasteiger charge is 2.27. The fourth-order valence-corrected chi connectivity index (χ4v) is 2.99. The van der Waals surface area contributed by atoms with Gasteiger partial charge in [0.2, 0.25) is 0 Å². The normalized spacial score (nSPS) is 21.6. The molecule has 1 unspecified atom stereocenters. The fourth-order valence-electron chi connectivity index (χ4n) is 2.61. The van der Waals surface area contributed by atoms with E-state index in [-0.39, 0.29) is 12.1 Å². The highest BCUT2D eigenvalue weighted by molar-refractivity contribution is 9.10. The summed E-state index contributed by atoms with van der Waals surface area (Å²) in [6.45, 7) is 2.11. The number of hydrogen-bond donors (Lipinski definition) is 1. The lowest BCUT2D eigenvalue weighted by atomic mass is 9.92. The van der Waals surface area contributed by atoms with Gasteiger partial charge in [0, 0.05) is 22.5 Å². The molecule has 2 aromatic carbocycles. The van der Waals surface area contributed by atoms with E-state index in [9.17, 15) is 0 Å². The van der Waals surface area contributed by atoms with Crippen molar-refractivity contribution in [3.05, 3.63) is 63.6 Å². The van der Waals surface area contributed by atoms with Crippen molar-refractivity contribution in [3.63, 3.8) is 0 Å². The zero-order valence-corrected chi connectivity index (χ0v) is 12.4. The molecule has 3 heteroatoms. The summed E-state index contributed by atoms with van der Waals surface area (Å²) in [5, 5.41) is 0. The number of benzene rings is 2. The summed E-state index contributed by atoms with van der Waals surface area (Å²) in [4.78, 5) is 0. The monoisotopic (exact) mass is 317 g/mol. The van der Waals surface area contributed by atoms with E-state index in [0.717, 1.165) is 22.2 Å². The van der Waals surface area contributed by atoms with Gasteiger partial charge in [-0.15, -0.1) is 0 Å². The second-order valence-corrected chi connectivity index (χ2v) is 5.90. The molecular formula is C16H16BrNO. The third kappa shape index (κ3) is 2.40. The number of nitrogens with two attached hydrogens (primary N) is 1. The Balaban J connectivity index is 1.97. The van der Waals surface area contributed by atoms with Gasteiger partial charge >= 0.3 is 0 Å². The molecule has 2 N–H and O–H groups in total. The van der Waals surface area contributed by atoms with Crippen molar-refractivity contribution < 1.29 is 4.74 Å². The fraction of sp³-hybridized carbons (Fsp3) is 0.250. The van der Waals surface area contributed by atoms with E-state index < -0.39 is 0 Å². The third-order valence-electron chi connectivity index (χ3n) is 3.64. The first-order chi connectivity index (χ1) is 9.15. The maximum atomic E-state index is 6.29. The van der Waals surface area contributed by atoms with Crippen molar-refractivity contribution in [1.82, 2.24) is 0 Å². The molecule has 0 radical (unpaired) electrons. The molecule has 3 rings (SSSR count). The minimum absolute atomic E-state index is 0.0193. The number of aryl methyl sites for hydroxylation is 1. The molecule has 1 aliphatic rings. The van der Waals surface area contributed by atoms with Gasteiger partial charge in [0.15, 0.2) is 0 Å². The van der Waals surface area contributed by atoms with Crippen LogP contribution < -0.4 is 10.5 Å².